The Bertz CT molecular complexity index is 946. The van der Waals surface area contributed by atoms with Crippen LogP contribution in [-0.2, 0) is 23.0 Å². The number of ether oxygens (including phenoxy) is 1. The van der Waals surface area contributed by atoms with Crippen LogP contribution in [0.4, 0.5) is 0 Å². The summed E-state index contributed by atoms with van der Waals surface area (Å²) in [6.07, 6.45) is 4.68. The molecule has 0 spiro atoms. The van der Waals surface area contributed by atoms with Gasteiger partial charge in [0.2, 0.25) is 0 Å². The van der Waals surface area contributed by atoms with E-state index in [9.17, 15) is 4.79 Å². The van der Waals surface area contributed by atoms with Crippen LogP contribution in [0.5, 0.6) is 0 Å². The Kier molecular flexibility index (Phi) is 5.22. The van der Waals surface area contributed by atoms with Gasteiger partial charge in [-0.15, -0.1) is 0 Å². The Morgan fingerprint density at radius 1 is 1.15 bits per heavy atom. The van der Waals surface area contributed by atoms with Crippen molar-refractivity contribution in [2.75, 3.05) is 32.8 Å². The van der Waals surface area contributed by atoms with Gasteiger partial charge >= 0.3 is 0 Å². The molecule has 0 saturated carbocycles. The summed E-state index contributed by atoms with van der Waals surface area (Å²) in [6.45, 7) is 4.10. The SMILES string of the molecule is Cn1cc(-c2ccc3nnc(CC(=O)CCN4CCOCC4)cc3c2)cn1. The number of carbonyl (C=O) groups is 1. The number of benzene rings is 1. The van der Waals surface area contributed by atoms with Crippen LogP contribution in [0.1, 0.15) is 12.1 Å². The maximum Gasteiger partial charge on any atom is 0.140 e. The second-order valence-corrected chi connectivity index (χ2v) is 6.93. The Morgan fingerprint density at radius 3 is 2.78 bits per heavy atom. The van der Waals surface area contributed by atoms with E-state index in [0.29, 0.717) is 12.8 Å². The van der Waals surface area contributed by atoms with Crippen LogP contribution in [-0.4, -0.2) is 63.5 Å². The van der Waals surface area contributed by atoms with Gasteiger partial charge in [-0.3, -0.25) is 14.4 Å². The lowest BCUT2D eigenvalue weighted by molar-refractivity contribution is -0.119. The molecule has 0 radical (unpaired) electrons. The molecule has 0 amide bonds. The molecule has 1 aliphatic heterocycles. The van der Waals surface area contributed by atoms with Crippen LogP contribution in [0.15, 0.2) is 36.7 Å². The normalized spacial score (nSPS) is 15.3. The van der Waals surface area contributed by atoms with Crippen molar-refractivity contribution in [3.63, 3.8) is 0 Å². The highest BCUT2D eigenvalue weighted by molar-refractivity contribution is 5.86. The number of fused-ring (bicyclic) bond motifs is 1. The lowest BCUT2D eigenvalue weighted by atomic mass is 10.1. The van der Waals surface area contributed by atoms with Crippen molar-refractivity contribution in [3.05, 3.63) is 42.4 Å². The van der Waals surface area contributed by atoms with Crippen molar-refractivity contribution in [1.29, 1.82) is 0 Å². The minimum Gasteiger partial charge on any atom is -0.379 e. The minimum absolute atomic E-state index is 0.193. The summed E-state index contributed by atoms with van der Waals surface area (Å²) in [5, 5.41) is 13.7. The van der Waals surface area contributed by atoms with Crippen LogP contribution in [0.3, 0.4) is 0 Å². The molecule has 27 heavy (non-hydrogen) atoms. The molecule has 4 rings (SSSR count). The number of Topliss-reactive ketones (excluding diaryl/α,β-unsaturated/α-hetero) is 1. The minimum atomic E-state index is 0.193. The quantitative estimate of drug-likeness (QED) is 0.664. The first-order chi connectivity index (χ1) is 13.2. The average molecular weight is 365 g/mol. The Morgan fingerprint density at radius 2 is 2.00 bits per heavy atom. The first-order valence-electron chi connectivity index (χ1n) is 9.24. The van der Waals surface area contributed by atoms with Gasteiger partial charge in [0.15, 0.2) is 0 Å². The average Bonchev–Trinajstić information content (AvgIpc) is 3.13. The van der Waals surface area contributed by atoms with Gasteiger partial charge in [-0.05, 0) is 23.8 Å². The zero-order valence-corrected chi connectivity index (χ0v) is 15.5. The van der Waals surface area contributed by atoms with E-state index in [0.717, 1.165) is 60.6 Å². The third kappa shape index (κ3) is 4.37. The molecular formula is C20H23N5O2. The highest BCUT2D eigenvalue weighted by Gasteiger charge is 2.13. The van der Waals surface area contributed by atoms with Crippen molar-refractivity contribution < 1.29 is 9.53 Å². The van der Waals surface area contributed by atoms with Gasteiger partial charge < -0.3 is 4.74 Å². The molecule has 1 saturated heterocycles. The monoisotopic (exact) mass is 365 g/mol. The number of carbonyl (C=O) groups excluding carboxylic acids is 1. The smallest absolute Gasteiger partial charge is 0.140 e. The van der Waals surface area contributed by atoms with Gasteiger partial charge in [-0.1, -0.05) is 6.07 Å². The summed E-state index contributed by atoms with van der Waals surface area (Å²) >= 11 is 0. The number of hydrogen-bond acceptors (Lipinski definition) is 6. The van der Waals surface area contributed by atoms with Crippen molar-refractivity contribution in [1.82, 2.24) is 24.9 Å². The first-order valence-corrected chi connectivity index (χ1v) is 9.24. The van der Waals surface area contributed by atoms with E-state index in [1.54, 1.807) is 4.68 Å². The molecule has 2 aromatic heterocycles. The number of aromatic nitrogens is 4. The molecule has 140 valence electrons. The number of ketones is 1. The van der Waals surface area contributed by atoms with Gasteiger partial charge in [0.25, 0.3) is 0 Å². The van der Waals surface area contributed by atoms with Gasteiger partial charge in [0.1, 0.15) is 5.78 Å². The molecule has 0 atom stereocenters. The molecule has 0 aliphatic carbocycles. The summed E-state index contributed by atoms with van der Waals surface area (Å²) in [5.74, 6) is 0.193. The highest BCUT2D eigenvalue weighted by Crippen LogP contribution is 2.23. The maximum atomic E-state index is 12.3. The van der Waals surface area contributed by atoms with E-state index in [1.807, 2.05) is 37.6 Å². The largest absolute Gasteiger partial charge is 0.379 e. The van der Waals surface area contributed by atoms with E-state index < -0.39 is 0 Å². The molecule has 0 N–H and O–H groups in total. The molecule has 7 nitrogen and oxygen atoms in total. The molecule has 1 aliphatic rings. The van der Waals surface area contributed by atoms with E-state index in [-0.39, 0.29) is 5.78 Å². The second-order valence-electron chi connectivity index (χ2n) is 6.93. The Labute approximate surface area is 157 Å². The van der Waals surface area contributed by atoms with Gasteiger partial charge in [-0.2, -0.15) is 15.3 Å². The fourth-order valence-corrected chi connectivity index (χ4v) is 3.32. The molecule has 3 aromatic rings. The van der Waals surface area contributed by atoms with E-state index in [1.165, 1.54) is 0 Å². The predicted molar refractivity (Wildman–Crippen MR) is 102 cm³/mol. The Balaban J connectivity index is 1.44. The van der Waals surface area contributed by atoms with Gasteiger partial charge in [0, 0.05) is 50.2 Å². The number of aryl methyl sites for hydroxylation is 1. The van der Waals surface area contributed by atoms with Crippen LogP contribution in [0.2, 0.25) is 0 Å². The fourth-order valence-electron chi connectivity index (χ4n) is 3.32. The lowest BCUT2D eigenvalue weighted by Crippen LogP contribution is -2.37. The zero-order valence-electron chi connectivity index (χ0n) is 15.5. The van der Waals surface area contributed by atoms with E-state index in [4.69, 9.17) is 4.74 Å². The molecule has 0 unspecified atom stereocenters. The number of rotatable bonds is 6. The third-order valence-corrected chi connectivity index (χ3v) is 4.86. The van der Waals surface area contributed by atoms with E-state index in [2.05, 4.69) is 26.3 Å². The van der Waals surface area contributed by atoms with Gasteiger partial charge in [-0.25, -0.2) is 0 Å². The number of hydrogen-bond donors (Lipinski definition) is 0. The molecule has 1 fully saturated rings. The molecular weight excluding hydrogens is 342 g/mol. The Hall–Kier alpha value is -2.64. The van der Waals surface area contributed by atoms with Gasteiger partial charge in [0.05, 0.1) is 37.0 Å². The topological polar surface area (TPSA) is 73.1 Å². The lowest BCUT2D eigenvalue weighted by Gasteiger charge is -2.26. The summed E-state index contributed by atoms with van der Waals surface area (Å²) in [7, 11) is 1.90. The second kappa shape index (κ2) is 7.94. The maximum absolute atomic E-state index is 12.3. The molecule has 1 aromatic carbocycles. The zero-order chi connectivity index (χ0) is 18.6. The van der Waals surface area contributed by atoms with Crippen molar-refractivity contribution in [2.45, 2.75) is 12.8 Å². The summed E-state index contributed by atoms with van der Waals surface area (Å²) < 4.78 is 7.12. The standard InChI is InChI=1S/C20H23N5O2/c1-24-14-17(13-21-24)15-2-3-20-16(10-15)11-18(22-23-20)12-19(26)4-5-25-6-8-27-9-7-25/h2-3,10-11,13-14H,4-9,12H2,1H3. The molecule has 3 heterocycles. The summed E-state index contributed by atoms with van der Waals surface area (Å²) in [6, 6.07) is 8.01. The first kappa shape index (κ1) is 17.8. The van der Waals surface area contributed by atoms with Crippen LogP contribution in [0, 0.1) is 0 Å². The number of nitrogens with zero attached hydrogens (tertiary/aromatic N) is 5. The third-order valence-electron chi connectivity index (χ3n) is 4.86. The molecule has 7 heteroatoms. The molecule has 0 bridgehead atoms. The van der Waals surface area contributed by atoms with Crippen molar-refractivity contribution >= 4 is 16.7 Å². The summed E-state index contributed by atoms with van der Waals surface area (Å²) in [4.78, 5) is 14.6. The summed E-state index contributed by atoms with van der Waals surface area (Å²) in [5.41, 5.74) is 3.68. The predicted octanol–water partition coefficient (Wildman–Crippen LogP) is 1.86. The van der Waals surface area contributed by atoms with Crippen LogP contribution >= 0.6 is 0 Å². The van der Waals surface area contributed by atoms with Crippen LogP contribution < -0.4 is 0 Å². The fraction of sp³-hybridized carbons (Fsp3) is 0.400. The highest BCUT2D eigenvalue weighted by atomic mass is 16.5. The van der Waals surface area contributed by atoms with Crippen molar-refractivity contribution in [3.8, 4) is 11.1 Å². The van der Waals surface area contributed by atoms with Crippen molar-refractivity contribution in [2.24, 2.45) is 7.05 Å². The van der Waals surface area contributed by atoms with E-state index >= 15 is 0 Å². The number of morpholine rings is 1. The van der Waals surface area contributed by atoms with Crippen LogP contribution in [0.25, 0.3) is 22.0 Å².